The van der Waals surface area contributed by atoms with E-state index in [1.807, 2.05) is 6.26 Å². The maximum Gasteiger partial charge on any atom is 0.306 e. The summed E-state index contributed by atoms with van der Waals surface area (Å²) in [6, 6.07) is 0. The Balaban J connectivity index is 3.19. The number of aliphatic hydroxyl groups is 1. The first-order valence-electron chi connectivity index (χ1n) is 3.76. The smallest absolute Gasteiger partial charge is 0.306 e. The maximum absolute atomic E-state index is 10.1. The molecule has 0 rings (SSSR count). The molecule has 3 N–H and O–H groups in total. The minimum atomic E-state index is -0.964. The minimum absolute atomic E-state index is 0.188. The first-order chi connectivity index (χ1) is 5.66. The van der Waals surface area contributed by atoms with Crippen LogP contribution < -0.4 is 5.32 Å². The fraction of sp³-hybridized carbons (Fsp3) is 0.857. The molecule has 0 fully saturated rings. The number of carboxylic acid groups (broad SMARTS) is 1. The Morgan fingerprint density at radius 2 is 2.33 bits per heavy atom. The monoisotopic (exact) mass is 193 g/mol. The summed E-state index contributed by atoms with van der Waals surface area (Å²) >= 11 is 1.71. The standard InChI is InChI=1S/C7H15NO3S/c1-12-3-2-8-5-6(9)4-7(10)11/h6,8-9H,2-5H2,1H3,(H,10,11). The molecule has 72 valence electrons. The van der Waals surface area contributed by atoms with Crippen LogP contribution in [0, 0.1) is 0 Å². The first kappa shape index (κ1) is 11.7. The van der Waals surface area contributed by atoms with Crippen molar-refractivity contribution >= 4 is 17.7 Å². The molecule has 0 aromatic heterocycles. The van der Waals surface area contributed by atoms with Gasteiger partial charge in [-0.1, -0.05) is 0 Å². The van der Waals surface area contributed by atoms with Crippen LogP contribution in [0.2, 0.25) is 0 Å². The number of carbonyl (C=O) groups is 1. The number of aliphatic carboxylic acids is 1. The number of hydrogen-bond donors (Lipinski definition) is 3. The van der Waals surface area contributed by atoms with Crippen LogP contribution in [0.15, 0.2) is 0 Å². The summed E-state index contributed by atoms with van der Waals surface area (Å²) in [5.41, 5.74) is 0. The minimum Gasteiger partial charge on any atom is -0.481 e. The molecular formula is C7H15NO3S. The van der Waals surface area contributed by atoms with Crippen LogP contribution >= 0.6 is 11.8 Å². The molecule has 12 heavy (non-hydrogen) atoms. The molecule has 0 aliphatic rings. The second kappa shape index (κ2) is 7.39. The topological polar surface area (TPSA) is 69.6 Å². The highest BCUT2D eigenvalue weighted by Gasteiger charge is 2.07. The van der Waals surface area contributed by atoms with Crippen LogP contribution in [-0.4, -0.2) is 47.4 Å². The van der Waals surface area contributed by atoms with Crippen molar-refractivity contribution in [2.24, 2.45) is 0 Å². The van der Waals surface area contributed by atoms with Crippen LogP contribution in [0.25, 0.3) is 0 Å². The molecule has 0 aromatic rings. The van der Waals surface area contributed by atoms with E-state index in [1.165, 1.54) is 0 Å². The lowest BCUT2D eigenvalue weighted by Gasteiger charge is -2.08. The van der Waals surface area contributed by atoms with Crippen molar-refractivity contribution in [2.45, 2.75) is 12.5 Å². The zero-order chi connectivity index (χ0) is 9.40. The maximum atomic E-state index is 10.1. The predicted octanol–water partition coefficient (Wildman–Crippen LogP) is -0.225. The van der Waals surface area contributed by atoms with Crippen LogP contribution in [-0.2, 0) is 4.79 Å². The van der Waals surface area contributed by atoms with Crippen molar-refractivity contribution in [3.05, 3.63) is 0 Å². The number of carboxylic acids is 1. The van der Waals surface area contributed by atoms with Crippen molar-refractivity contribution in [1.29, 1.82) is 0 Å². The first-order valence-corrected chi connectivity index (χ1v) is 5.15. The number of rotatable bonds is 7. The largest absolute Gasteiger partial charge is 0.481 e. The van der Waals surface area contributed by atoms with Gasteiger partial charge in [-0.25, -0.2) is 0 Å². The van der Waals surface area contributed by atoms with Crippen molar-refractivity contribution < 1.29 is 15.0 Å². The van der Waals surface area contributed by atoms with Gasteiger partial charge in [-0.3, -0.25) is 4.79 Å². The fourth-order valence-electron chi connectivity index (χ4n) is 0.717. The highest BCUT2D eigenvalue weighted by Crippen LogP contribution is 1.90. The molecule has 1 atom stereocenters. The molecule has 0 radical (unpaired) electrons. The number of nitrogens with one attached hydrogen (secondary N) is 1. The van der Waals surface area contributed by atoms with Gasteiger partial charge < -0.3 is 15.5 Å². The van der Waals surface area contributed by atoms with Gasteiger partial charge in [0.25, 0.3) is 0 Å². The van der Waals surface area contributed by atoms with Gasteiger partial charge in [-0.2, -0.15) is 11.8 Å². The molecule has 1 unspecified atom stereocenters. The van der Waals surface area contributed by atoms with E-state index in [4.69, 9.17) is 10.2 Å². The summed E-state index contributed by atoms with van der Waals surface area (Å²) in [4.78, 5) is 10.1. The quantitative estimate of drug-likeness (QED) is 0.487. The Kier molecular flexibility index (Phi) is 7.23. The third-order valence-electron chi connectivity index (χ3n) is 1.27. The van der Waals surface area contributed by atoms with Crippen LogP contribution in [0.4, 0.5) is 0 Å². The zero-order valence-electron chi connectivity index (χ0n) is 7.12. The molecule has 5 heteroatoms. The Labute approximate surface area is 76.4 Å². The zero-order valence-corrected chi connectivity index (χ0v) is 7.93. The summed E-state index contributed by atoms with van der Waals surface area (Å²) in [7, 11) is 0. The summed E-state index contributed by atoms with van der Waals surface area (Å²) in [5.74, 6) is 0.00828. The number of hydrogen-bond acceptors (Lipinski definition) is 4. The third kappa shape index (κ3) is 7.84. The summed E-state index contributed by atoms with van der Waals surface area (Å²) in [6.07, 6.45) is 1.03. The Hall–Kier alpha value is -0.260. The predicted molar refractivity (Wildman–Crippen MR) is 49.5 cm³/mol. The second-order valence-electron chi connectivity index (χ2n) is 2.45. The van der Waals surface area contributed by atoms with Crippen LogP contribution in [0.3, 0.4) is 0 Å². The average molecular weight is 193 g/mol. The van der Waals surface area contributed by atoms with Crippen molar-refractivity contribution in [3.8, 4) is 0 Å². The van der Waals surface area contributed by atoms with E-state index in [9.17, 15) is 4.79 Å². The van der Waals surface area contributed by atoms with Gasteiger partial charge in [0.2, 0.25) is 0 Å². The Morgan fingerprint density at radius 3 is 2.83 bits per heavy atom. The molecule has 0 amide bonds. The lowest BCUT2D eigenvalue weighted by Crippen LogP contribution is -2.30. The molecule has 0 aromatic carbocycles. The lowest BCUT2D eigenvalue weighted by molar-refractivity contribution is -0.139. The molecule has 4 nitrogen and oxygen atoms in total. The van der Waals surface area contributed by atoms with E-state index < -0.39 is 12.1 Å². The number of thioether (sulfide) groups is 1. The molecule has 0 aliphatic heterocycles. The summed E-state index contributed by atoms with van der Waals surface area (Å²) < 4.78 is 0. The lowest BCUT2D eigenvalue weighted by atomic mass is 10.2. The Bertz CT molecular complexity index is 132. The molecular weight excluding hydrogens is 178 g/mol. The van der Waals surface area contributed by atoms with Crippen LogP contribution in [0.1, 0.15) is 6.42 Å². The summed E-state index contributed by atoms with van der Waals surface area (Å²) in [5, 5.41) is 20.3. The van der Waals surface area contributed by atoms with Gasteiger partial charge in [0, 0.05) is 18.8 Å². The van der Waals surface area contributed by atoms with E-state index in [1.54, 1.807) is 11.8 Å². The van der Waals surface area contributed by atoms with Gasteiger partial charge in [0.15, 0.2) is 0 Å². The highest BCUT2D eigenvalue weighted by atomic mass is 32.2. The SMILES string of the molecule is CSCCNCC(O)CC(=O)O. The van der Waals surface area contributed by atoms with Crippen molar-refractivity contribution in [1.82, 2.24) is 5.32 Å². The van der Waals surface area contributed by atoms with Crippen molar-refractivity contribution in [2.75, 3.05) is 25.1 Å². The van der Waals surface area contributed by atoms with E-state index >= 15 is 0 Å². The summed E-state index contributed by atoms with van der Waals surface area (Å²) in [6.45, 7) is 1.16. The van der Waals surface area contributed by atoms with Gasteiger partial charge in [-0.05, 0) is 6.26 Å². The van der Waals surface area contributed by atoms with Gasteiger partial charge in [0.05, 0.1) is 12.5 Å². The molecule has 0 heterocycles. The molecule has 0 saturated carbocycles. The fourth-order valence-corrected chi connectivity index (χ4v) is 1.07. The Morgan fingerprint density at radius 1 is 1.67 bits per heavy atom. The number of aliphatic hydroxyl groups excluding tert-OH is 1. The van der Waals surface area contributed by atoms with E-state index in [-0.39, 0.29) is 6.42 Å². The molecule has 0 aliphatic carbocycles. The molecule has 0 saturated heterocycles. The second-order valence-corrected chi connectivity index (χ2v) is 3.43. The highest BCUT2D eigenvalue weighted by molar-refractivity contribution is 7.98. The average Bonchev–Trinajstić information content (AvgIpc) is 1.97. The molecule has 0 bridgehead atoms. The van der Waals surface area contributed by atoms with Gasteiger partial charge in [0.1, 0.15) is 0 Å². The van der Waals surface area contributed by atoms with Crippen molar-refractivity contribution in [3.63, 3.8) is 0 Å². The van der Waals surface area contributed by atoms with Gasteiger partial charge >= 0.3 is 5.97 Å². The van der Waals surface area contributed by atoms with E-state index in [2.05, 4.69) is 5.32 Å². The molecule has 0 spiro atoms. The normalized spacial score (nSPS) is 12.8. The van der Waals surface area contributed by atoms with Gasteiger partial charge in [-0.15, -0.1) is 0 Å². The van der Waals surface area contributed by atoms with E-state index in [0.29, 0.717) is 6.54 Å². The van der Waals surface area contributed by atoms with E-state index in [0.717, 1.165) is 12.3 Å². The van der Waals surface area contributed by atoms with Crippen LogP contribution in [0.5, 0.6) is 0 Å². The third-order valence-corrected chi connectivity index (χ3v) is 1.89.